The number of methoxy groups -OCH3 is 1. The fourth-order valence-corrected chi connectivity index (χ4v) is 2.93. The van der Waals surface area contributed by atoms with Gasteiger partial charge in [-0.2, -0.15) is 5.10 Å². The molecule has 7 nitrogen and oxygen atoms in total. The van der Waals surface area contributed by atoms with Gasteiger partial charge in [-0.15, -0.1) is 0 Å². The van der Waals surface area contributed by atoms with Crippen molar-refractivity contribution >= 4 is 5.91 Å². The smallest absolute Gasteiger partial charge is 0.290 e. The summed E-state index contributed by atoms with van der Waals surface area (Å²) in [6.45, 7) is 5.36. The van der Waals surface area contributed by atoms with Gasteiger partial charge < -0.3 is 14.6 Å². The molecule has 1 N–H and O–H groups in total. The monoisotopic (exact) mass is 332 g/mol. The Hall–Kier alpha value is -2.15. The maximum Gasteiger partial charge on any atom is 0.290 e. The molecule has 1 amide bonds. The van der Waals surface area contributed by atoms with E-state index in [1.807, 2.05) is 18.5 Å². The fraction of sp³-hybridized carbons (Fsp3) is 0.588. The minimum Gasteiger partial charge on any atom is -0.383 e. The predicted octanol–water partition coefficient (Wildman–Crippen LogP) is 2.45. The molecule has 0 bridgehead atoms. The number of ether oxygens (including phenoxy) is 1. The van der Waals surface area contributed by atoms with E-state index >= 15 is 0 Å². The lowest BCUT2D eigenvalue weighted by Gasteiger charge is -2.21. The summed E-state index contributed by atoms with van der Waals surface area (Å²) in [5, 5.41) is 11.6. The number of hydrogen-bond donors (Lipinski definition) is 1. The first-order valence-electron chi connectivity index (χ1n) is 8.41. The molecule has 1 atom stereocenters. The summed E-state index contributed by atoms with van der Waals surface area (Å²) >= 11 is 0. The van der Waals surface area contributed by atoms with Crippen molar-refractivity contribution in [3.05, 3.63) is 35.0 Å². The zero-order chi connectivity index (χ0) is 17.1. The first kappa shape index (κ1) is 16.7. The number of carbonyl (C=O) groups is 1. The van der Waals surface area contributed by atoms with Crippen LogP contribution in [0.3, 0.4) is 0 Å². The van der Waals surface area contributed by atoms with Crippen LogP contribution in [0, 0.1) is 0 Å². The number of aromatic nitrogens is 3. The Morgan fingerprint density at radius 1 is 1.54 bits per heavy atom. The normalized spacial score (nSPS) is 17.1. The first-order chi connectivity index (χ1) is 11.6. The molecule has 0 radical (unpaired) electrons. The molecule has 0 fully saturated rings. The molecule has 2 aromatic heterocycles. The van der Waals surface area contributed by atoms with Crippen LogP contribution in [0.25, 0.3) is 0 Å². The van der Waals surface area contributed by atoms with Crippen molar-refractivity contribution in [2.75, 3.05) is 13.7 Å². The Morgan fingerprint density at radius 3 is 3.08 bits per heavy atom. The molecule has 24 heavy (non-hydrogen) atoms. The molecule has 7 heteroatoms. The van der Waals surface area contributed by atoms with Crippen LogP contribution in [0.1, 0.15) is 66.2 Å². The van der Waals surface area contributed by atoms with E-state index in [0.29, 0.717) is 13.2 Å². The number of hydrogen-bond acceptors (Lipinski definition) is 5. The van der Waals surface area contributed by atoms with Gasteiger partial charge in [0.25, 0.3) is 5.91 Å². The van der Waals surface area contributed by atoms with Crippen LogP contribution >= 0.6 is 0 Å². The summed E-state index contributed by atoms with van der Waals surface area (Å²) < 4.78 is 12.2. The largest absolute Gasteiger partial charge is 0.383 e. The van der Waals surface area contributed by atoms with Crippen molar-refractivity contribution in [1.29, 1.82) is 0 Å². The number of nitrogens with one attached hydrogen (secondary N) is 1. The lowest BCUT2D eigenvalue weighted by atomic mass is 9.93. The number of fused-ring (bicyclic) bond motifs is 1. The quantitative estimate of drug-likeness (QED) is 0.878. The van der Waals surface area contributed by atoms with Crippen LogP contribution in [-0.4, -0.2) is 34.6 Å². The van der Waals surface area contributed by atoms with Gasteiger partial charge in [-0.1, -0.05) is 19.0 Å². The van der Waals surface area contributed by atoms with Gasteiger partial charge in [0.1, 0.15) is 0 Å². The summed E-state index contributed by atoms with van der Waals surface area (Å²) in [5.41, 5.74) is 2.94. The second-order valence-electron chi connectivity index (χ2n) is 6.48. The maximum atomic E-state index is 12.4. The second kappa shape index (κ2) is 7.17. The second-order valence-corrected chi connectivity index (χ2v) is 6.48. The fourth-order valence-electron chi connectivity index (χ4n) is 2.93. The van der Waals surface area contributed by atoms with Crippen molar-refractivity contribution in [3.63, 3.8) is 0 Å². The van der Waals surface area contributed by atoms with Gasteiger partial charge in [0.15, 0.2) is 0 Å². The van der Waals surface area contributed by atoms with Crippen LogP contribution in [0.4, 0.5) is 0 Å². The highest BCUT2D eigenvalue weighted by Crippen LogP contribution is 2.29. The van der Waals surface area contributed by atoms with Crippen molar-refractivity contribution in [2.24, 2.45) is 0 Å². The lowest BCUT2D eigenvalue weighted by molar-refractivity contribution is 0.0894. The summed E-state index contributed by atoms with van der Waals surface area (Å²) in [5.74, 6) is 0.247. The molecule has 130 valence electrons. The summed E-state index contributed by atoms with van der Waals surface area (Å²) in [7, 11) is 1.68. The van der Waals surface area contributed by atoms with Crippen LogP contribution < -0.4 is 5.32 Å². The minimum absolute atomic E-state index is 0.0855. The summed E-state index contributed by atoms with van der Waals surface area (Å²) in [6.07, 6.45) is 4.96. The van der Waals surface area contributed by atoms with E-state index in [1.165, 1.54) is 5.56 Å². The lowest BCUT2D eigenvalue weighted by Crippen LogP contribution is -2.31. The molecular formula is C17H24N4O3. The molecular weight excluding hydrogens is 308 g/mol. The number of nitrogens with zero attached hydrogens (tertiary/aromatic N) is 3. The SMILES string of the molecule is COCCn1cc2c(n1)C(NC(=O)c1cc(C(C)C)no1)CCC2. The van der Waals surface area contributed by atoms with Gasteiger partial charge in [-0.3, -0.25) is 9.48 Å². The maximum absolute atomic E-state index is 12.4. The Balaban J connectivity index is 1.71. The molecule has 1 aliphatic carbocycles. The van der Waals surface area contributed by atoms with Crippen LogP contribution in [0.2, 0.25) is 0 Å². The van der Waals surface area contributed by atoms with Gasteiger partial charge in [0.05, 0.1) is 30.6 Å². The number of rotatable bonds is 6. The minimum atomic E-state index is -0.237. The van der Waals surface area contributed by atoms with Crippen molar-refractivity contribution < 1.29 is 14.1 Å². The number of amides is 1. The summed E-state index contributed by atoms with van der Waals surface area (Å²) in [6, 6.07) is 1.62. The molecule has 2 heterocycles. The van der Waals surface area contributed by atoms with E-state index in [1.54, 1.807) is 13.2 Å². The van der Waals surface area contributed by atoms with Crippen LogP contribution in [-0.2, 0) is 17.7 Å². The van der Waals surface area contributed by atoms with Gasteiger partial charge >= 0.3 is 0 Å². The molecule has 0 spiro atoms. The van der Waals surface area contributed by atoms with Crippen LogP contribution in [0.15, 0.2) is 16.8 Å². The van der Waals surface area contributed by atoms with Gasteiger partial charge in [0.2, 0.25) is 5.76 Å². The average Bonchev–Trinajstić information content (AvgIpc) is 3.20. The van der Waals surface area contributed by atoms with Crippen LogP contribution in [0.5, 0.6) is 0 Å². The highest BCUT2D eigenvalue weighted by molar-refractivity contribution is 5.91. The van der Waals surface area contributed by atoms with E-state index in [-0.39, 0.29) is 23.6 Å². The average molecular weight is 332 g/mol. The standard InChI is InChI=1S/C17H24N4O3/c1-11(2)14-9-15(24-20-14)17(22)18-13-6-4-5-12-10-21(7-8-23-3)19-16(12)13/h9-11,13H,4-8H2,1-3H3,(H,18,22). The molecule has 0 saturated carbocycles. The van der Waals surface area contributed by atoms with Crippen molar-refractivity contribution in [3.8, 4) is 0 Å². The van der Waals surface area contributed by atoms with Crippen molar-refractivity contribution in [1.82, 2.24) is 20.3 Å². The highest BCUT2D eigenvalue weighted by atomic mass is 16.5. The number of carbonyl (C=O) groups excluding carboxylic acids is 1. The molecule has 0 aliphatic heterocycles. The molecule has 1 unspecified atom stereocenters. The van der Waals surface area contributed by atoms with Gasteiger partial charge in [-0.05, 0) is 30.7 Å². The summed E-state index contributed by atoms with van der Waals surface area (Å²) in [4.78, 5) is 12.4. The first-order valence-corrected chi connectivity index (χ1v) is 8.41. The highest BCUT2D eigenvalue weighted by Gasteiger charge is 2.27. The zero-order valence-corrected chi connectivity index (χ0v) is 14.4. The van der Waals surface area contributed by atoms with Gasteiger partial charge in [0, 0.05) is 19.4 Å². The third kappa shape index (κ3) is 3.51. The van der Waals surface area contributed by atoms with Crippen molar-refractivity contribution in [2.45, 2.75) is 51.6 Å². The molecule has 1 aliphatic rings. The third-order valence-electron chi connectivity index (χ3n) is 4.31. The molecule has 2 aromatic rings. The zero-order valence-electron chi connectivity index (χ0n) is 14.4. The van der Waals surface area contributed by atoms with E-state index in [4.69, 9.17) is 9.26 Å². The number of aryl methyl sites for hydroxylation is 1. The Labute approximate surface area is 141 Å². The van der Waals surface area contributed by atoms with Gasteiger partial charge in [-0.25, -0.2) is 0 Å². The molecule has 0 aromatic carbocycles. The topological polar surface area (TPSA) is 82.2 Å². The predicted molar refractivity (Wildman–Crippen MR) is 87.8 cm³/mol. The Kier molecular flexibility index (Phi) is 4.99. The van der Waals surface area contributed by atoms with E-state index in [0.717, 1.165) is 30.7 Å². The van der Waals surface area contributed by atoms with E-state index < -0.39 is 0 Å². The van der Waals surface area contributed by atoms with E-state index in [9.17, 15) is 4.79 Å². The molecule has 0 saturated heterocycles. The Bertz CT molecular complexity index is 705. The third-order valence-corrected chi connectivity index (χ3v) is 4.31. The Morgan fingerprint density at radius 2 is 2.38 bits per heavy atom. The van der Waals surface area contributed by atoms with E-state index in [2.05, 4.69) is 21.8 Å². The molecule has 3 rings (SSSR count).